The zero-order valence-electron chi connectivity index (χ0n) is 27.8. The van der Waals surface area contributed by atoms with Crippen molar-refractivity contribution in [3.8, 4) is 0 Å². The number of carbonyl (C=O) groups is 3. The number of fused-ring (bicyclic) bond motifs is 1. The molecule has 0 bridgehead atoms. The highest BCUT2D eigenvalue weighted by molar-refractivity contribution is 6.35. The quantitative estimate of drug-likeness (QED) is 0.157. The fourth-order valence-corrected chi connectivity index (χ4v) is 6.53. The zero-order valence-corrected chi connectivity index (χ0v) is 27.8. The van der Waals surface area contributed by atoms with Crippen LogP contribution in [0.25, 0.3) is 11.6 Å². The number of ether oxygens (including phenoxy) is 1. The summed E-state index contributed by atoms with van der Waals surface area (Å²) in [6, 6.07) is 25.0. The van der Waals surface area contributed by atoms with E-state index in [9.17, 15) is 14.4 Å². The van der Waals surface area contributed by atoms with Crippen LogP contribution in [0.4, 0.5) is 5.69 Å². The van der Waals surface area contributed by atoms with Gasteiger partial charge < -0.3 is 25.7 Å². The maximum absolute atomic E-state index is 13.9. The van der Waals surface area contributed by atoms with Crippen molar-refractivity contribution in [1.29, 1.82) is 0 Å². The van der Waals surface area contributed by atoms with E-state index in [4.69, 9.17) is 4.74 Å². The molecular weight excluding hydrogens is 602 g/mol. The Bertz CT molecular complexity index is 1810. The van der Waals surface area contributed by atoms with Gasteiger partial charge in [0.05, 0.1) is 30.4 Å². The Hall–Kier alpha value is -4.99. The van der Waals surface area contributed by atoms with Crippen LogP contribution < -0.4 is 16.0 Å². The maximum Gasteiger partial charge on any atom is 0.256 e. The molecule has 3 heterocycles. The average molecular weight is 646 g/mol. The standard InChI is InChI=1S/C39H43N5O4/c1-25-35(24-33-32-23-30(14-15-34(32)43-38(33)46)37(45)41-26(2)29-12-8-5-9-13-29)40-27(3)36(25)39(47)42-31(22-28-10-6-4-7-11-28)16-17-44-18-20-48-21-19-44/h4-15,23-24,26,31,40H,16-22H2,1-3H3,(H,41,45)(H,42,47)(H,43,46)/b33-24-/t26?,31-/m1/s1. The first-order chi connectivity index (χ1) is 23.3. The van der Waals surface area contributed by atoms with Crippen LogP contribution in [0.5, 0.6) is 0 Å². The largest absolute Gasteiger partial charge is 0.379 e. The lowest BCUT2D eigenvalue weighted by Crippen LogP contribution is -2.42. The van der Waals surface area contributed by atoms with E-state index in [2.05, 4.69) is 38.0 Å². The molecule has 0 spiro atoms. The third-order valence-electron chi connectivity index (χ3n) is 9.26. The number of amides is 3. The molecule has 2 aliphatic rings. The molecule has 3 amide bonds. The summed E-state index contributed by atoms with van der Waals surface area (Å²) in [5, 5.41) is 9.28. The van der Waals surface area contributed by atoms with Crippen molar-refractivity contribution in [3.05, 3.63) is 124 Å². The van der Waals surface area contributed by atoms with Gasteiger partial charge in [0.15, 0.2) is 0 Å². The number of hydrogen-bond acceptors (Lipinski definition) is 5. The predicted octanol–water partition coefficient (Wildman–Crippen LogP) is 5.68. The lowest BCUT2D eigenvalue weighted by atomic mass is 10.00. The van der Waals surface area contributed by atoms with Crippen LogP contribution in [0.2, 0.25) is 0 Å². The number of aromatic amines is 1. The van der Waals surface area contributed by atoms with E-state index >= 15 is 0 Å². The minimum absolute atomic E-state index is 0.0556. The molecule has 0 aliphatic carbocycles. The molecule has 1 unspecified atom stereocenters. The van der Waals surface area contributed by atoms with Crippen LogP contribution in [0.1, 0.15) is 73.7 Å². The van der Waals surface area contributed by atoms with Gasteiger partial charge in [-0.1, -0.05) is 60.7 Å². The van der Waals surface area contributed by atoms with Gasteiger partial charge in [-0.2, -0.15) is 0 Å². The molecule has 9 heteroatoms. The van der Waals surface area contributed by atoms with Crippen LogP contribution in [-0.4, -0.2) is 66.5 Å². The summed E-state index contributed by atoms with van der Waals surface area (Å²) in [6.07, 6.45) is 3.32. The van der Waals surface area contributed by atoms with Crippen LogP contribution >= 0.6 is 0 Å². The molecule has 3 aromatic carbocycles. The van der Waals surface area contributed by atoms with Gasteiger partial charge in [0, 0.05) is 53.9 Å². The fraction of sp³-hybridized carbons (Fsp3) is 0.308. The summed E-state index contributed by atoms with van der Waals surface area (Å²) < 4.78 is 5.51. The Morgan fingerprint density at radius 1 is 0.938 bits per heavy atom. The fourth-order valence-electron chi connectivity index (χ4n) is 6.53. The van der Waals surface area contributed by atoms with Crippen LogP contribution in [-0.2, 0) is 16.0 Å². The summed E-state index contributed by atoms with van der Waals surface area (Å²) >= 11 is 0. The van der Waals surface area contributed by atoms with E-state index in [1.807, 2.05) is 69.3 Å². The molecule has 4 N–H and O–H groups in total. The van der Waals surface area contributed by atoms with Gasteiger partial charge in [-0.05, 0) is 74.6 Å². The third-order valence-corrected chi connectivity index (χ3v) is 9.26. The Morgan fingerprint density at radius 3 is 2.38 bits per heavy atom. The van der Waals surface area contributed by atoms with Crippen molar-refractivity contribution < 1.29 is 19.1 Å². The lowest BCUT2D eigenvalue weighted by molar-refractivity contribution is -0.110. The Kier molecular flexibility index (Phi) is 10.2. The van der Waals surface area contributed by atoms with Crippen molar-refractivity contribution in [2.24, 2.45) is 0 Å². The molecule has 2 aliphatic heterocycles. The second-order valence-corrected chi connectivity index (χ2v) is 12.6. The molecule has 248 valence electrons. The van der Waals surface area contributed by atoms with Gasteiger partial charge in [0.2, 0.25) is 0 Å². The molecule has 1 fully saturated rings. The Labute approximate surface area is 281 Å². The minimum atomic E-state index is -0.260. The zero-order chi connectivity index (χ0) is 33.6. The van der Waals surface area contributed by atoms with E-state index in [0.29, 0.717) is 33.6 Å². The first-order valence-corrected chi connectivity index (χ1v) is 16.6. The first-order valence-electron chi connectivity index (χ1n) is 16.6. The van der Waals surface area contributed by atoms with Crippen molar-refractivity contribution in [2.75, 3.05) is 38.2 Å². The summed E-state index contributed by atoms with van der Waals surface area (Å²) in [5.74, 6) is -0.627. The van der Waals surface area contributed by atoms with E-state index in [1.165, 1.54) is 5.56 Å². The summed E-state index contributed by atoms with van der Waals surface area (Å²) in [6.45, 7) is 9.86. The third kappa shape index (κ3) is 7.59. The van der Waals surface area contributed by atoms with Crippen molar-refractivity contribution in [2.45, 2.75) is 45.7 Å². The molecule has 1 saturated heterocycles. The molecule has 9 nitrogen and oxygen atoms in total. The van der Waals surface area contributed by atoms with Gasteiger partial charge in [-0.25, -0.2) is 0 Å². The van der Waals surface area contributed by atoms with E-state index in [1.54, 1.807) is 24.3 Å². The highest BCUT2D eigenvalue weighted by atomic mass is 16.5. The maximum atomic E-state index is 13.9. The number of rotatable bonds is 11. The Morgan fingerprint density at radius 2 is 1.65 bits per heavy atom. The van der Waals surface area contributed by atoms with Gasteiger partial charge >= 0.3 is 0 Å². The van der Waals surface area contributed by atoms with Gasteiger partial charge in [0.25, 0.3) is 17.7 Å². The average Bonchev–Trinajstić information content (AvgIpc) is 3.57. The molecule has 4 aromatic rings. The second-order valence-electron chi connectivity index (χ2n) is 12.6. The first kappa shape index (κ1) is 32.9. The number of carbonyl (C=O) groups excluding carboxylic acids is 3. The number of aromatic nitrogens is 1. The van der Waals surface area contributed by atoms with E-state index in [-0.39, 0.29) is 29.8 Å². The van der Waals surface area contributed by atoms with E-state index < -0.39 is 0 Å². The molecule has 1 aromatic heterocycles. The second kappa shape index (κ2) is 14.8. The Balaban J connectivity index is 1.20. The number of benzene rings is 3. The minimum Gasteiger partial charge on any atom is -0.379 e. The van der Waals surface area contributed by atoms with Crippen LogP contribution in [0, 0.1) is 13.8 Å². The van der Waals surface area contributed by atoms with Crippen molar-refractivity contribution in [1.82, 2.24) is 20.5 Å². The number of H-pyrrole nitrogens is 1. The smallest absolute Gasteiger partial charge is 0.256 e. The molecule has 6 rings (SSSR count). The number of morpholine rings is 1. The molecule has 48 heavy (non-hydrogen) atoms. The van der Waals surface area contributed by atoms with Gasteiger partial charge in [0.1, 0.15) is 0 Å². The number of anilines is 1. The van der Waals surface area contributed by atoms with Crippen LogP contribution in [0.15, 0.2) is 78.9 Å². The van der Waals surface area contributed by atoms with Crippen LogP contribution in [0.3, 0.4) is 0 Å². The SMILES string of the molecule is Cc1[nH]c(/C=C2\C(=O)Nc3ccc(C(=O)NC(C)c4ccccc4)cc32)c(C)c1C(=O)N[C@H](CCN1CCOCC1)Cc1ccccc1. The van der Waals surface area contributed by atoms with Gasteiger partial charge in [-0.15, -0.1) is 0 Å². The predicted molar refractivity (Wildman–Crippen MR) is 189 cm³/mol. The molecule has 0 saturated carbocycles. The number of aryl methyl sites for hydroxylation is 1. The van der Waals surface area contributed by atoms with Crippen molar-refractivity contribution in [3.63, 3.8) is 0 Å². The lowest BCUT2D eigenvalue weighted by Gasteiger charge is -2.28. The molecule has 0 radical (unpaired) electrons. The monoisotopic (exact) mass is 645 g/mol. The number of hydrogen-bond donors (Lipinski definition) is 4. The summed E-state index contributed by atoms with van der Waals surface area (Å²) in [5.41, 5.74) is 7.09. The highest BCUT2D eigenvalue weighted by Gasteiger charge is 2.28. The number of nitrogens with zero attached hydrogens (tertiary/aromatic N) is 1. The van der Waals surface area contributed by atoms with Gasteiger partial charge in [-0.3, -0.25) is 19.3 Å². The topological polar surface area (TPSA) is 116 Å². The summed E-state index contributed by atoms with van der Waals surface area (Å²) in [7, 11) is 0. The highest BCUT2D eigenvalue weighted by Crippen LogP contribution is 2.35. The normalized spacial score (nSPS) is 16.6. The number of nitrogens with one attached hydrogen (secondary N) is 4. The van der Waals surface area contributed by atoms with E-state index in [0.717, 1.165) is 62.5 Å². The molecule has 2 atom stereocenters. The molecular formula is C39H43N5O4. The summed E-state index contributed by atoms with van der Waals surface area (Å²) in [4.78, 5) is 45.9. The van der Waals surface area contributed by atoms with Crippen molar-refractivity contribution >= 4 is 35.1 Å².